The van der Waals surface area contributed by atoms with Gasteiger partial charge in [-0.2, -0.15) is 0 Å². The maximum atomic E-state index is 13.4. The maximum absolute atomic E-state index is 13.4. The highest BCUT2D eigenvalue weighted by Gasteiger charge is 2.48. The molecular weight excluding hydrogens is 427 g/mol. The molecule has 4 rings (SSSR count). The summed E-state index contributed by atoms with van der Waals surface area (Å²) in [5.41, 5.74) is 0.670. The van der Waals surface area contributed by atoms with Crippen LogP contribution in [0.15, 0.2) is 64.7 Å². The first-order valence-electron chi connectivity index (χ1n) is 10.6. The lowest BCUT2D eigenvalue weighted by Gasteiger charge is -2.23. The van der Waals surface area contributed by atoms with E-state index in [4.69, 9.17) is 9.26 Å². The number of benzene rings is 2. The van der Waals surface area contributed by atoms with Crippen molar-refractivity contribution in [1.82, 2.24) is 5.16 Å². The van der Waals surface area contributed by atoms with Crippen molar-refractivity contribution < 1.29 is 28.3 Å². The number of hydrogen-bond acceptors (Lipinski definition) is 6. The van der Waals surface area contributed by atoms with Gasteiger partial charge in [-0.1, -0.05) is 30.6 Å². The van der Waals surface area contributed by atoms with Crippen molar-refractivity contribution in [2.24, 2.45) is 0 Å². The Morgan fingerprint density at radius 1 is 1.15 bits per heavy atom. The molecule has 0 radical (unpaired) electrons. The quantitative estimate of drug-likeness (QED) is 0.238. The van der Waals surface area contributed by atoms with E-state index in [0.29, 0.717) is 23.7 Å². The van der Waals surface area contributed by atoms with E-state index in [1.165, 1.54) is 35.2 Å². The van der Waals surface area contributed by atoms with Crippen LogP contribution in [0.2, 0.25) is 0 Å². The Labute approximate surface area is 190 Å². The van der Waals surface area contributed by atoms with Crippen molar-refractivity contribution in [2.45, 2.75) is 32.7 Å². The molecule has 1 atom stereocenters. The fourth-order valence-corrected chi connectivity index (χ4v) is 3.69. The van der Waals surface area contributed by atoms with Crippen LogP contribution in [-0.2, 0) is 9.59 Å². The number of aromatic nitrogens is 1. The molecule has 1 amide bonds. The van der Waals surface area contributed by atoms with E-state index in [1.807, 2.05) is 0 Å². The number of aryl methyl sites for hydroxylation is 1. The fraction of sp³-hybridized carbons (Fsp3) is 0.240. The summed E-state index contributed by atoms with van der Waals surface area (Å²) in [6.45, 7) is 4.32. The van der Waals surface area contributed by atoms with Crippen molar-refractivity contribution in [3.63, 3.8) is 0 Å². The smallest absolute Gasteiger partial charge is 0.301 e. The van der Waals surface area contributed by atoms with Gasteiger partial charge < -0.3 is 14.4 Å². The van der Waals surface area contributed by atoms with E-state index < -0.39 is 29.3 Å². The molecule has 1 N–H and O–H groups in total. The van der Waals surface area contributed by atoms with Gasteiger partial charge in [0.05, 0.1) is 18.2 Å². The molecule has 0 aliphatic carbocycles. The second-order valence-electron chi connectivity index (χ2n) is 7.74. The summed E-state index contributed by atoms with van der Waals surface area (Å²) in [7, 11) is 0. The summed E-state index contributed by atoms with van der Waals surface area (Å²) >= 11 is 0. The van der Waals surface area contributed by atoms with Crippen molar-refractivity contribution >= 4 is 23.3 Å². The van der Waals surface area contributed by atoms with Gasteiger partial charge in [0.15, 0.2) is 5.82 Å². The lowest BCUT2D eigenvalue weighted by Crippen LogP contribution is -2.29. The number of nitrogens with zero attached hydrogens (tertiary/aromatic N) is 2. The summed E-state index contributed by atoms with van der Waals surface area (Å²) < 4.78 is 24.2. The normalized spacial score (nSPS) is 17.5. The van der Waals surface area contributed by atoms with Crippen LogP contribution >= 0.6 is 0 Å². The topological polar surface area (TPSA) is 92.9 Å². The molecule has 1 aromatic heterocycles. The van der Waals surface area contributed by atoms with Crippen molar-refractivity contribution in [3.05, 3.63) is 82.9 Å². The molecule has 0 bridgehead atoms. The molecule has 0 unspecified atom stereocenters. The third-order valence-electron chi connectivity index (χ3n) is 5.39. The third-order valence-corrected chi connectivity index (χ3v) is 5.39. The number of ether oxygens (including phenoxy) is 1. The van der Waals surface area contributed by atoms with Crippen molar-refractivity contribution in [3.8, 4) is 5.75 Å². The summed E-state index contributed by atoms with van der Waals surface area (Å²) in [6.07, 6.45) is 1.93. The number of anilines is 1. The first-order chi connectivity index (χ1) is 15.9. The number of carbonyl (C=O) groups excluding carboxylic acids is 2. The molecule has 0 saturated carbocycles. The molecule has 170 valence electrons. The second-order valence-corrected chi connectivity index (χ2v) is 7.74. The Hall–Kier alpha value is -3.94. The number of aliphatic hydroxyl groups excluding tert-OH is 1. The molecule has 0 spiro atoms. The van der Waals surface area contributed by atoms with Crippen LogP contribution in [0.25, 0.3) is 5.76 Å². The van der Waals surface area contributed by atoms with Gasteiger partial charge in [0.25, 0.3) is 5.78 Å². The summed E-state index contributed by atoms with van der Waals surface area (Å²) in [6, 6.07) is 12.6. The Kier molecular flexibility index (Phi) is 6.26. The largest absolute Gasteiger partial charge is 0.507 e. The zero-order chi connectivity index (χ0) is 23.5. The molecule has 1 saturated heterocycles. The monoisotopic (exact) mass is 450 g/mol. The number of hydrogen-bond donors (Lipinski definition) is 1. The van der Waals surface area contributed by atoms with Crippen LogP contribution in [-0.4, -0.2) is 28.6 Å². The minimum Gasteiger partial charge on any atom is -0.507 e. The van der Waals surface area contributed by atoms with Gasteiger partial charge in [0.1, 0.15) is 23.1 Å². The van der Waals surface area contributed by atoms with E-state index in [0.717, 1.165) is 12.8 Å². The standard InChI is InChI=1S/C25H23FN2O5/c1-3-4-13-32-19-11-7-16(8-12-19)22-21(23(29)17-5-9-18(26)10-6-17)24(30)25(31)28(22)20-14-15(2)33-27-20/h5-12,14,22,29H,3-4,13H2,1-2H3/b23-21+/t22-/m0/s1. The van der Waals surface area contributed by atoms with Gasteiger partial charge in [-0.25, -0.2) is 4.39 Å². The Bertz CT molecular complexity index is 1200. The average Bonchev–Trinajstić information content (AvgIpc) is 3.35. The van der Waals surface area contributed by atoms with Crippen molar-refractivity contribution in [1.29, 1.82) is 0 Å². The van der Waals surface area contributed by atoms with Gasteiger partial charge in [-0.3, -0.25) is 14.5 Å². The highest BCUT2D eigenvalue weighted by atomic mass is 19.1. The number of carbonyl (C=O) groups is 2. The third kappa shape index (κ3) is 4.37. The number of aliphatic hydroxyl groups is 1. The Morgan fingerprint density at radius 2 is 1.85 bits per heavy atom. The van der Waals surface area contributed by atoms with E-state index in [-0.39, 0.29) is 17.0 Å². The molecule has 7 nitrogen and oxygen atoms in total. The van der Waals surface area contributed by atoms with Gasteiger partial charge in [0.2, 0.25) is 0 Å². The predicted molar refractivity (Wildman–Crippen MR) is 119 cm³/mol. The lowest BCUT2D eigenvalue weighted by atomic mass is 9.95. The average molecular weight is 450 g/mol. The molecular formula is C25H23FN2O5. The number of amides is 1. The number of unbranched alkanes of at least 4 members (excludes halogenated alkanes) is 1. The van der Waals surface area contributed by atoms with E-state index in [9.17, 15) is 19.1 Å². The van der Waals surface area contributed by atoms with Crippen LogP contribution < -0.4 is 9.64 Å². The maximum Gasteiger partial charge on any atom is 0.301 e. The number of Topliss-reactive ketones (excluding diaryl/α,β-unsaturated/α-hetero) is 1. The minimum absolute atomic E-state index is 0.119. The molecule has 1 aliphatic rings. The van der Waals surface area contributed by atoms with E-state index in [1.54, 1.807) is 31.2 Å². The molecule has 2 heterocycles. The Balaban J connectivity index is 1.81. The molecule has 3 aromatic rings. The molecule has 1 fully saturated rings. The summed E-state index contributed by atoms with van der Waals surface area (Å²) in [4.78, 5) is 27.2. The zero-order valence-corrected chi connectivity index (χ0v) is 18.2. The second kappa shape index (κ2) is 9.28. The van der Waals surface area contributed by atoms with Gasteiger partial charge >= 0.3 is 5.91 Å². The van der Waals surface area contributed by atoms with Crippen LogP contribution in [0.4, 0.5) is 10.2 Å². The number of halogens is 1. The first kappa shape index (κ1) is 22.3. The summed E-state index contributed by atoms with van der Waals surface area (Å²) in [5.74, 6) is -1.33. The highest BCUT2D eigenvalue weighted by Crippen LogP contribution is 2.42. The van der Waals surface area contributed by atoms with Crippen molar-refractivity contribution in [2.75, 3.05) is 11.5 Å². The lowest BCUT2D eigenvalue weighted by molar-refractivity contribution is -0.132. The van der Waals surface area contributed by atoms with Crippen LogP contribution in [0.1, 0.15) is 42.7 Å². The van der Waals surface area contributed by atoms with Gasteiger partial charge in [-0.15, -0.1) is 0 Å². The van der Waals surface area contributed by atoms with Crippen LogP contribution in [0, 0.1) is 12.7 Å². The predicted octanol–water partition coefficient (Wildman–Crippen LogP) is 4.93. The van der Waals surface area contributed by atoms with Crippen LogP contribution in [0.3, 0.4) is 0 Å². The molecule has 8 heteroatoms. The SMILES string of the molecule is CCCCOc1ccc([C@H]2/C(=C(\O)c3ccc(F)cc3)C(=O)C(=O)N2c2cc(C)on2)cc1. The van der Waals surface area contributed by atoms with Crippen LogP contribution in [0.5, 0.6) is 5.75 Å². The fourth-order valence-electron chi connectivity index (χ4n) is 3.69. The summed E-state index contributed by atoms with van der Waals surface area (Å²) in [5, 5.41) is 14.9. The number of ketones is 1. The van der Waals surface area contributed by atoms with Gasteiger partial charge in [0, 0.05) is 11.6 Å². The minimum atomic E-state index is -0.954. The molecule has 33 heavy (non-hydrogen) atoms. The molecule has 1 aliphatic heterocycles. The van der Waals surface area contributed by atoms with E-state index in [2.05, 4.69) is 12.1 Å². The molecule has 2 aromatic carbocycles. The number of rotatable bonds is 7. The first-order valence-corrected chi connectivity index (χ1v) is 10.6. The zero-order valence-electron chi connectivity index (χ0n) is 18.2. The van der Waals surface area contributed by atoms with E-state index >= 15 is 0 Å². The Morgan fingerprint density at radius 3 is 2.45 bits per heavy atom. The van der Waals surface area contributed by atoms with Gasteiger partial charge in [-0.05, 0) is 55.3 Å². The highest BCUT2D eigenvalue weighted by molar-refractivity contribution is 6.51.